The third-order valence-corrected chi connectivity index (χ3v) is 3.42. The zero-order valence-electron chi connectivity index (χ0n) is 11.9. The van der Waals surface area contributed by atoms with Gasteiger partial charge in [0.2, 0.25) is 0 Å². The van der Waals surface area contributed by atoms with Crippen LogP contribution in [0.4, 0.5) is 10.1 Å². The number of hydrogen-bond acceptors (Lipinski definition) is 3. The zero-order valence-corrected chi connectivity index (χ0v) is 12.7. The Balaban J connectivity index is 1.64. The highest BCUT2D eigenvalue weighted by Crippen LogP contribution is 2.24. The van der Waals surface area contributed by atoms with Crippen molar-refractivity contribution in [2.75, 3.05) is 11.9 Å². The minimum Gasteiger partial charge on any atom is -0.482 e. The van der Waals surface area contributed by atoms with Crippen molar-refractivity contribution in [2.45, 2.75) is 0 Å². The molecule has 2 aromatic carbocycles. The molecule has 1 aromatic heterocycles. The summed E-state index contributed by atoms with van der Waals surface area (Å²) in [7, 11) is 0. The summed E-state index contributed by atoms with van der Waals surface area (Å²) in [5.74, 6) is -0.573. The Morgan fingerprint density at radius 1 is 1.22 bits per heavy atom. The van der Waals surface area contributed by atoms with E-state index in [0.29, 0.717) is 5.69 Å². The average Bonchev–Trinajstić information content (AvgIpc) is 2.54. The molecule has 0 atom stereocenters. The Labute approximate surface area is 136 Å². The van der Waals surface area contributed by atoms with Gasteiger partial charge in [-0.05, 0) is 30.3 Å². The third kappa shape index (κ3) is 3.76. The van der Waals surface area contributed by atoms with Crippen LogP contribution >= 0.6 is 11.6 Å². The summed E-state index contributed by atoms with van der Waals surface area (Å²) in [4.78, 5) is 16.2. The predicted molar refractivity (Wildman–Crippen MR) is 87.3 cm³/mol. The van der Waals surface area contributed by atoms with Gasteiger partial charge in [0.1, 0.15) is 11.6 Å². The van der Waals surface area contributed by atoms with E-state index in [1.165, 1.54) is 12.1 Å². The third-order valence-electron chi connectivity index (χ3n) is 3.13. The monoisotopic (exact) mass is 330 g/mol. The Morgan fingerprint density at radius 3 is 2.87 bits per heavy atom. The molecule has 4 nitrogen and oxygen atoms in total. The van der Waals surface area contributed by atoms with E-state index in [2.05, 4.69) is 10.3 Å². The van der Waals surface area contributed by atoms with Crippen molar-refractivity contribution >= 4 is 34.1 Å². The van der Waals surface area contributed by atoms with Crippen molar-refractivity contribution in [2.24, 2.45) is 0 Å². The first-order valence-electron chi connectivity index (χ1n) is 6.84. The summed E-state index contributed by atoms with van der Waals surface area (Å²) in [6.07, 6.45) is 1.57. The molecule has 1 amide bonds. The maximum atomic E-state index is 12.9. The lowest BCUT2D eigenvalue weighted by atomic mass is 10.2. The number of hydrogen-bond donors (Lipinski definition) is 1. The number of halogens is 2. The molecule has 6 heteroatoms. The number of nitrogens with zero attached hydrogens (tertiary/aromatic N) is 1. The molecule has 1 heterocycles. The molecule has 0 unspecified atom stereocenters. The number of anilines is 1. The summed E-state index contributed by atoms with van der Waals surface area (Å²) in [6.45, 7) is -0.238. The molecule has 0 radical (unpaired) electrons. The van der Waals surface area contributed by atoms with Gasteiger partial charge in [0.05, 0.1) is 22.4 Å². The maximum Gasteiger partial charge on any atom is 0.262 e. The highest BCUT2D eigenvalue weighted by molar-refractivity contribution is 6.32. The number of ether oxygens (including phenoxy) is 1. The number of fused-ring (bicyclic) bond motifs is 1. The Bertz CT molecular complexity index is 870. The summed E-state index contributed by atoms with van der Waals surface area (Å²) in [6, 6.07) is 13.1. The molecule has 0 saturated carbocycles. The van der Waals surface area contributed by atoms with Crippen LogP contribution in [-0.2, 0) is 4.79 Å². The fraction of sp³-hybridized carbons (Fsp3) is 0.0588. The first-order chi connectivity index (χ1) is 11.1. The summed E-state index contributed by atoms with van der Waals surface area (Å²) < 4.78 is 18.2. The molecule has 0 aliphatic rings. The number of rotatable bonds is 4. The van der Waals surface area contributed by atoms with Crippen molar-refractivity contribution in [3.8, 4) is 5.75 Å². The number of para-hydroxylation sites is 1. The zero-order chi connectivity index (χ0) is 16.2. The van der Waals surface area contributed by atoms with Crippen LogP contribution in [0.5, 0.6) is 5.75 Å². The van der Waals surface area contributed by atoms with Gasteiger partial charge in [0.25, 0.3) is 5.91 Å². The van der Waals surface area contributed by atoms with Crippen LogP contribution in [0.2, 0.25) is 5.02 Å². The Kier molecular flexibility index (Phi) is 4.39. The van der Waals surface area contributed by atoms with Gasteiger partial charge in [-0.15, -0.1) is 0 Å². The normalized spacial score (nSPS) is 10.5. The number of amides is 1. The molecule has 3 rings (SSSR count). The van der Waals surface area contributed by atoms with Gasteiger partial charge >= 0.3 is 0 Å². The van der Waals surface area contributed by atoms with Gasteiger partial charge in [0, 0.05) is 5.39 Å². The molecule has 0 aliphatic heterocycles. The minimum absolute atomic E-state index is 0.116. The molecule has 23 heavy (non-hydrogen) atoms. The lowest BCUT2D eigenvalue weighted by Gasteiger charge is -2.09. The number of carbonyl (C=O) groups excluding carboxylic acids is 1. The highest BCUT2D eigenvalue weighted by Gasteiger charge is 2.08. The first-order valence-corrected chi connectivity index (χ1v) is 7.22. The topological polar surface area (TPSA) is 51.2 Å². The highest BCUT2D eigenvalue weighted by atomic mass is 35.5. The van der Waals surface area contributed by atoms with Crippen LogP contribution in [0.25, 0.3) is 10.9 Å². The first kappa shape index (κ1) is 15.2. The standard InChI is InChI=1S/C17H12ClFN2O2/c18-14-8-12(19)5-6-16(14)23-10-17(22)21-13-7-11-3-1-2-4-15(11)20-9-13/h1-9H,10H2,(H,21,22). The lowest BCUT2D eigenvalue weighted by Crippen LogP contribution is -2.20. The number of benzene rings is 2. The molecule has 0 saturated heterocycles. The number of nitrogens with one attached hydrogen (secondary N) is 1. The lowest BCUT2D eigenvalue weighted by molar-refractivity contribution is -0.118. The van der Waals surface area contributed by atoms with E-state index in [1.807, 2.05) is 30.3 Å². The minimum atomic E-state index is -0.464. The fourth-order valence-corrected chi connectivity index (χ4v) is 2.29. The van der Waals surface area contributed by atoms with Gasteiger partial charge in [-0.25, -0.2) is 4.39 Å². The fourth-order valence-electron chi connectivity index (χ4n) is 2.07. The summed E-state index contributed by atoms with van der Waals surface area (Å²) in [5, 5.41) is 3.73. The van der Waals surface area contributed by atoms with E-state index in [-0.39, 0.29) is 23.3 Å². The maximum absolute atomic E-state index is 12.9. The van der Waals surface area contributed by atoms with Crippen molar-refractivity contribution in [3.05, 3.63) is 65.6 Å². The van der Waals surface area contributed by atoms with Crippen LogP contribution < -0.4 is 10.1 Å². The average molecular weight is 331 g/mol. The quantitative estimate of drug-likeness (QED) is 0.785. The number of pyridine rings is 1. The van der Waals surface area contributed by atoms with Crippen LogP contribution in [0.3, 0.4) is 0 Å². The molecule has 0 bridgehead atoms. The smallest absolute Gasteiger partial charge is 0.262 e. The molecule has 0 spiro atoms. The largest absolute Gasteiger partial charge is 0.482 e. The van der Waals surface area contributed by atoms with E-state index >= 15 is 0 Å². The molecule has 0 fully saturated rings. The molecule has 0 aliphatic carbocycles. The number of aromatic nitrogens is 1. The van der Waals surface area contributed by atoms with Gasteiger partial charge in [-0.3, -0.25) is 9.78 Å². The molecule has 3 aromatic rings. The molecule has 116 valence electrons. The van der Waals surface area contributed by atoms with Crippen molar-refractivity contribution in [3.63, 3.8) is 0 Å². The van der Waals surface area contributed by atoms with Crippen molar-refractivity contribution < 1.29 is 13.9 Å². The summed E-state index contributed by atoms with van der Waals surface area (Å²) in [5.41, 5.74) is 1.42. The molecule has 1 N–H and O–H groups in total. The van der Waals surface area contributed by atoms with Gasteiger partial charge in [-0.2, -0.15) is 0 Å². The Morgan fingerprint density at radius 2 is 2.04 bits per heavy atom. The van der Waals surface area contributed by atoms with Crippen LogP contribution in [0.15, 0.2) is 54.7 Å². The Hall–Kier alpha value is -2.66. The predicted octanol–water partition coefficient (Wildman–Crippen LogP) is 4.04. The molecular weight excluding hydrogens is 319 g/mol. The van der Waals surface area contributed by atoms with E-state index in [4.69, 9.17) is 16.3 Å². The van der Waals surface area contributed by atoms with Gasteiger partial charge in [0.15, 0.2) is 6.61 Å². The van der Waals surface area contributed by atoms with Crippen LogP contribution in [0, 0.1) is 5.82 Å². The molecular formula is C17H12ClFN2O2. The van der Waals surface area contributed by atoms with Gasteiger partial charge in [-0.1, -0.05) is 29.8 Å². The van der Waals surface area contributed by atoms with Crippen LogP contribution in [0.1, 0.15) is 0 Å². The summed E-state index contributed by atoms with van der Waals surface area (Å²) >= 11 is 5.83. The van der Waals surface area contributed by atoms with Gasteiger partial charge < -0.3 is 10.1 Å². The second-order valence-electron chi connectivity index (χ2n) is 4.83. The number of carbonyl (C=O) groups is 1. The van der Waals surface area contributed by atoms with E-state index < -0.39 is 5.82 Å². The van der Waals surface area contributed by atoms with Crippen LogP contribution in [-0.4, -0.2) is 17.5 Å². The van der Waals surface area contributed by atoms with Crippen molar-refractivity contribution in [1.29, 1.82) is 0 Å². The van der Waals surface area contributed by atoms with E-state index in [1.54, 1.807) is 6.20 Å². The van der Waals surface area contributed by atoms with Crippen molar-refractivity contribution in [1.82, 2.24) is 4.98 Å². The van der Waals surface area contributed by atoms with E-state index in [9.17, 15) is 9.18 Å². The van der Waals surface area contributed by atoms with E-state index in [0.717, 1.165) is 17.0 Å². The second-order valence-corrected chi connectivity index (χ2v) is 5.24. The SMILES string of the molecule is O=C(COc1ccc(F)cc1Cl)Nc1cnc2ccccc2c1. The second kappa shape index (κ2) is 6.62.